The zero-order chi connectivity index (χ0) is 13.7. The number of nitrogens with two attached hydrogens (primary N) is 1. The van der Waals surface area contributed by atoms with Crippen LogP contribution in [0.15, 0.2) is 47.1 Å². The van der Waals surface area contributed by atoms with Crippen LogP contribution in [0.3, 0.4) is 0 Å². The molecule has 5 heteroatoms. The van der Waals surface area contributed by atoms with Crippen molar-refractivity contribution in [3.8, 4) is 0 Å². The molecule has 1 heterocycles. The third kappa shape index (κ3) is 3.87. The summed E-state index contributed by atoms with van der Waals surface area (Å²) in [5, 5.41) is 7.34. The van der Waals surface area contributed by atoms with Gasteiger partial charge in [-0.25, -0.2) is 0 Å². The van der Waals surface area contributed by atoms with Gasteiger partial charge in [0.05, 0.1) is 13.2 Å². The summed E-state index contributed by atoms with van der Waals surface area (Å²) in [4.78, 5) is 4.01. The van der Waals surface area contributed by atoms with Gasteiger partial charge in [0.25, 0.3) is 0 Å². The molecular formula is C14H14BrN3O. The van der Waals surface area contributed by atoms with Crippen molar-refractivity contribution in [3.05, 3.63) is 63.9 Å². The first-order valence-electron chi connectivity index (χ1n) is 5.77. The van der Waals surface area contributed by atoms with Gasteiger partial charge in [0.2, 0.25) is 0 Å². The summed E-state index contributed by atoms with van der Waals surface area (Å²) in [6, 6.07) is 11.6. The maximum atomic E-state index is 7.34. The van der Waals surface area contributed by atoms with E-state index in [0.29, 0.717) is 18.9 Å². The van der Waals surface area contributed by atoms with Crippen LogP contribution in [0.25, 0.3) is 0 Å². The molecule has 19 heavy (non-hydrogen) atoms. The van der Waals surface area contributed by atoms with Crippen LogP contribution in [0.4, 0.5) is 0 Å². The average molecular weight is 320 g/mol. The van der Waals surface area contributed by atoms with Gasteiger partial charge >= 0.3 is 0 Å². The van der Waals surface area contributed by atoms with E-state index >= 15 is 0 Å². The first kappa shape index (κ1) is 13.7. The minimum atomic E-state index is -0.0346. The average Bonchev–Trinajstić information content (AvgIpc) is 2.41. The summed E-state index contributed by atoms with van der Waals surface area (Å²) in [7, 11) is 0. The summed E-state index contributed by atoms with van der Waals surface area (Å²) in [5.41, 5.74) is 7.92. The standard InChI is InChI=1S/C14H14BrN3O/c15-12-4-2-1-3-11(12)9-19-8-10-5-6-18-13(7-10)14(16)17/h1-7H,8-9H2,(H3,16,17). The van der Waals surface area contributed by atoms with Crippen molar-refractivity contribution >= 4 is 21.8 Å². The van der Waals surface area contributed by atoms with Crippen LogP contribution < -0.4 is 5.73 Å². The largest absolute Gasteiger partial charge is 0.382 e. The highest BCUT2D eigenvalue weighted by Crippen LogP contribution is 2.17. The quantitative estimate of drug-likeness (QED) is 0.657. The fraction of sp³-hybridized carbons (Fsp3) is 0.143. The fourth-order valence-electron chi connectivity index (χ4n) is 1.61. The monoisotopic (exact) mass is 319 g/mol. The molecule has 0 fully saturated rings. The Labute approximate surface area is 120 Å². The van der Waals surface area contributed by atoms with E-state index in [9.17, 15) is 0 Å². The van der Waals surface area contributed by atoms with Gasteiger partial charge in [-0.1, -0.05) is 34.1 Å². The van der Waals surface area contributed by atoms with E-state index in [0.717, 1.165) is 15.6 Å². The van der Waals surface area contributed by atoms with E-state index in [1.54, 1.807) is 12.3 Å². The summed E-state index contributed by atoms with van der Waals surface area (Å²) in [6.45, 7) is 0.989. The third-order valence-corrected chi connectivity index (χ3v) is 3.36. The molecule has 98 valence electrons. The zero-order valence-electron chi connectivity index (χ0n) is 10.3. The van der Waals surface area contributed by atoms with E-state index < -0.39 is 0 Å². The molecule has 0 saturated heterocycles. The second kappa shape index (κ2) is 6.45. The Morgan fingerprint density at radius 2 is 2.05 bits per heavy atom. The van der Waals surface area contributed by atoms with Gasteiger partial charge in [-0.2, -0.15) is 0 Å². The second-order valence-corrected chi connectivity index (χ2v) is 4.90. The van der Waals surface area contributed by atoms with Crippen LogP contribution in [0.2, 0.25) is 0 Å². The predicted molar refractivity (Wildman–Crippen MR) is 77.9 cm³/mol. The van der Waals surface area contributed by atoms with Crippen LogP contribution in [0.1, 0.15) is 16.8 Å². The van der Waals surface area contributed by atoms with Crippen molar-refractivity contribution in [1.29, 1.82) is 5.41 Å². The number of nitrogens with one attached hydrogen (secondary N) is 1. The number of pyridine rings is 1. The summed E-state index contributed by atoms with van der Waals surface area (Å²) in [6.07, 6.45) is 1.63. The van der Waals surface area contributed by atoms with E-state index in [4.69, 9.17) is 15.9 Å². The molecule has 3 N–H and O–H groups in total. The lowest BCUT2D eigenvalue weighted by Gasteiger charge is -2.07. The molecule has 0 saturated carbocycles. The smallest absolute Gasteiger partial charge is 0.141 e. The van der Waals surface area contributed by atoms with Crippen LogP contribution in [-0.2, 0) is 18.0 Å². The fourth-order valence-corrected chi connectivity index (χ4v) is 2.00. The van der Waals surface area contributed by atoms with Crippen molar-refractivity contribution in [2.75, 3.05) is 0 Å². The van der Waals surface area contributed by atoms with Crippen molar-refractivity contribution in [2.45, 2.75) is 13.2 Å². The normalized spacial score (nSPS) is 10.4. The Morgan fingerprint density at radius 1 is 1.26 bits per heavy atom. The Balaban J connectivity index is 1.94. The summed E-state index contributed by atoms with van der Waals surface area (Å²) in [5.74, 6) is -0.0346. The number of hydrogen-bond donors (Lipinski definition) is 2. The molecular weight excluding hydrogens is 306 g/mol. The third-order valence-electron chi connectivity index (χ3n) is 2.58. The van der Waals surface area contributed by atoms with Gasteiger partial charge < -0.3 is 10.5 Å². The number of nitrogen functional groups attached to an aromatic ring is 1. The zero-order valence-corrected chi connectivity index (χ0v) is 11.9. The highest BCUT2D eigenvalue weighted by molar-refractivity contribution is 9.10. The minimum absolute atomic E-state index is 0.0346. The van der Waals surface area contributed by atoms with Crippen LogP contribution >= 0.6 is 15.9 Å². The molecule has 0 atom stereocenters. The number of halogens is 1. The number of benzene rings is 1. The Hall–Kier alpha value is -1.72. The van der Waals surface area contributed by atoms with Gasteiger partial charge in [0, 0.05) is 10.7 Å². The number of aromatic nitrogens is 1. The van der Waals surface area contributed by atoms with Gasteiger partial charge in [0.15, 0.2) is 0 Å². The summed E-state index contributed by atoms with van der Waals surface area (Å²) < 4.78 is 6.69. The van der Waals surface area contributed by atoms with E-state index in [1.807, 2.05) is 30.3 Å². The molecule has 0 aliphatic rings. The Morgan fingerprint density at radius 3 is 2.79 bits per heavy atom. The van der Waals surface area contributed by atoms with E-state index in [1.165, 1.54) is 0 Å². The molecule has 0 unspecified atom stereocenters. The minimum Gasteiger partial charge on any atom is -0.382 e. The number of nitrogens with zero attached hydrogens (tertiary/aromatic N) is 1. The highest BCUT2D eigenvalue weighted by Gasteiger charge is 2.02. The second-order valence-electron chi connectivity index (χ2n) is 4.05. The first-order chi connectivity index (χ1) is 9.16. The topological polar surface area (TPSA) is 72.0 Å². The lowest BCUT2D eigenvalue weighted by molar-refractivity contribution is 0.106. The van der Waals surface area contributed by atoms with E-state index in [2.05, 4.69) is 20.9 Å². The van der Waals surface area contributed by atoms with Crippen molar-refractivity contribution in [1.82, 2.24) is 4.98 Å². The molecule has 1 aromatic heterocycles. The SMILES string of the molecule is N=C(N)c1cc(COCc2ccccc2Br)ccn1. The maximum Gasteiger partial charge on any atom is 0.141 e. The number of rotatable bonds is 5. The maximum absolute atomic E-state index is 7.34. The van der Waals surface area contributed by atoms with Gasteiger partial charge in [-0.15, -0.1) is 0 Å². The molecule has 0 radical (unpaired) electrons. The molecule has 0 bridgehead atoms. The lowest BCUT2D eigenvalue weighted by Crippen LogP contribution is -2.13. The van der Waals surface area contributed by atoms with Gasteiger partial charge in [0.1, 0.15) is 11.5 Å². The summed E-state index contributed by atoms with van der Waals surface area (Å²) >= 11 is 3.48. The number of ether oxygens (including phenoxy) is 1. The molecule has 0 aliphatic carbocycles. The van der Waals surface area contributed by atoms with E-state index in [-0.39, 0.29) is 5.84 Å². The Kier molecular flexibility index (Phi) is 4.65. The van der Waals surface area contributed by atoms with Crippen LogP contribution in [0.5, 0.6) is 0 Å². The van der Waals surface area contributed by atoms with Gasteiger partial charge in [-0.3, -0.25) is 10.4 Å². The molecule has 0 spiro atoms. The predicted octanol–water partition coefficient (Wildman–Crippen LogP) is 2.84. The molecule has 2 rings (SSSR count). The van der Waals surface area contributed by atoms with Crippen LogP contribution in [-0.4, -0.2) is 10.8 Å². The van der Waals surface area contributed by atoms with Gasteiger partial charge in [-0.05, 0) is 29.3 Å². The molecule has 0 amide bonds. The molecule has 1 aromatic carbocycles. The molecule has 4 nitrogen and oxygen atoms in total. The number of amidine groups is 1. The highest BCUT2D eigenvalue weighted by atomic mass is 79.9. The first-order valence-corrected chi connectivity index (χ1v) is 6.56. The number of hydrogen-bond acceptors (Lipinski definition) is 3. The van der Waals surface area contributed by atoms with Crippen LogP contribution in [0, 0.1) is 5.41 Å². The molecule has 0 aliphatic heterocycles. The van der Waals surface area contributed by atoms with Crippen molar-refractivity contribution in [2.24, 2.45) is 5.73 Å². The lowest BCUT2D eigenvalue weighted by atomic mass is 10.2. The molecule has 2 aromatic rings. The van der Waals surface area contributed by atoms with Crippen molar-refractivity contribution < 1.29 is 4.74 Å². The Bertz CT molecular complexity index is 586. The van der Waals surface area contributed by atoms with Crippen molar-refractivity contribution in [3.63, 3.8) is 0 Å².